The molecule has 4 nitrogen and oxygen atoms in total. The van der Waals surface area contributed by atoms with Crippen molar-refractivity contribution >= 4 is 5.91 Å². The third kappa shape index (κ3) is 4.87. The number of hydrogen-bond donors (Lipinski definition) is 1. The SMILES string of the molecule is Cc1ccc(C(CN2CCOCC2)NC(=O)c2ccc(F)cc2)cc1. The summed E-state index contributed by atoms with van der Waals surface area (Å²) in [6, 6.07) is 13.7. The van der Waals surface area contributed by atoms with Gasteiger partial charge in [0.05, 0.1) is 19.3 Å². The molecule has 2 aromatic rings. The number of carbonyl (C=O) groups is 1. The molecule has 0 aromatic heterocycles. The molecule has 1 heterocycles. The van der Waals surface area contributed by atoms with Crippen LogP contribution in [-0.4, -0.2) is 43.7 Å². The molecule has 0 spiro atoms. The minimum absolute atomic E-state index is 0.128. The first kappa shape index (κ1) is 17.6. The van der Waals surface area contributed by atoms with Gasteiger partial charge in [-0.1, -0.05) is 29.8 Å². The molecular formula is C20H23FN2O2. The zero-order valence-electron chi connectivity index (χ0n) is 14.4. The second-order valence-electron chi connectivity index (χ2n) is 6.36. The van der Waals surface area contributed by atoms with Gasteiger partial charge in [-0.3, -0.25) is 9.69 Å². The maximum Gasteiger partial charge on any atom is 0.251 e. The highest BCUT2D eigenvalue weighted by atomic mass is 19.1. The Kier molecular flexibility index (Phi) is 5.79. The summed E-state index contributed by atoms with van der Waals surface area (Å²) in [5.41, 5.74) is 2.70. The van der Waals surface area contributed by atoms with Gasteiger partial charge in [-0.25, -0.2) is 4.39 Å². The fourth-order valence-corrected chi connectivity index (χ4v) is 2.92. The molecule has 1 N–H and O–H groups in total. The van der Waals surface area contributed by atoms with Crippen LogP contribution in [0.5, 0.6) is 0 Å². The van der Waals surface area contributed by atoms with E-state index < -0.39 is 0 Å². The summed E-state index contributed by atoms with van der Waals surface area (Å²) in [6.07, 6.45) is 0. The van der Waals surface area contributed by atoms with Crippen molar-refractivity contribution in [1.29, 1.82) is 0 Å². The second-order valence-corrected chi connectivity index (χ2v) is 6.36. The molecule has 2 aromatic carbocycles. The van der Waals surface area contributed by atoms with E-state index in [1.807, 2.05) is 31.2 Å². The maximum absolute atomic E-state index is 13.1. The highest BCUT2D eigenvalue weighted by Crippen LogP contribution is 2.17. The lowest BCUT2D eigenvalue weighted by atomic mass is 10.0. The molecule has 1 amide bonds. The lowest BCUT2D eigenvalue weighted by Crippen LogP contribution is -2.43. The number of morpholine rings is 1. The first-order chi connectivity index (χ1) is 12.1. The van der Waals surface area contributed by atoms with Crippen LogP contribution >= 0.6 is 0 Å². The lowest BCUT2D eigenvalue weighted by molar-refractivity contribution is 0.0332. The number of hydrogen-bond acceptors (Lipinski definition) is 3. The van der Waals surface area contributed by atoms with E-state index in [1.165, 1.54) is 29.8 Å². The number of aryl methyl sites for hydroxylation is 1. The van der Waals surface area contributed by atoms with Gasteiger partial charge < -0.3 is 10.1 Å². The standard InChI is InChI=1S/C20H23FN2O2/c1-15-2-4-16(5-3-15)19(14-23-10-12-25-13-11-23)22-20(24)17-6-8-18(21)9-7-17/h2-9,19H,10-14H2,1H3,(H,22,24). The number of amides is 1. The summed E-state index contributed by atoms with van der Waals surface area (Å²) in [5.74, 6) is -0.543. The van der Waals surface area contributed by atoms with Crippen LogP contribution in [0.15, 0.2) is 48.5 Å². The molecule has 1 aliphatic heterocycles. The van der Waals surface area contributed by atoms with Gasteiger partial charge in [-0.2, -0.15) is 0 Å². The van der Waals surface area contributed by atoms with Crippen molar-refractivity contribution in [3.05, 3.63) is 71.0 Å². The summed E-state index contributed by atoms with van der Waals surface area (Å²) in [7, 11) is 0. The average Bonchev–Trinajstić information content (AvgIpc) is 2.63. The number of carbonyl (C=O) groups excluding carboxylic acids is 1. The molecular weight excluding hydrogens is 319 g/mol. The van der Waals surface area contributed by atoms with Crippen LogP contribution in [0.2, 0.25) is 0 Å². The van der Waals surface area contributed by atoms with Crippen LogP contribution < -0.4 is 5.32 Å². The van der Waals surface area contributed by atoms with Gasteiger partial charge in [0.1, 0.15) is 5.82 Å². The molecule has 1 atom stereocenters. The average molecular weight is 342 g/mol. The summed E-state index contributed by atoms with van der Waals surface area (Å²) in [5, 5.41) is 3.09. The van der Waals surface area contributed by atoms with Crippen molar-refractivity contribution in [2.45, 2.75) is 13.0 Å². The summed E-state index contributed by atoms with van der Waals surface area (Å²) >= 11 is 0. The maximum atomic E-state index is 13.1. The normalized spacial score (nSPS) is 16.4. The van der Waals surface area contributed by atoms with Crippen LogP contribution in [-0.2, 0) is 4.74 Å². The number of nitrogens with one attached hydrogen (secondary N) is 1. The molecule has 5 heteroatoms. The molecule has 0 aliphatic carbocycles. The van der Waals surface area contributed by atoms with E-state index in [0.29, 0.717) is 18.8 Å². The zero-order valence-corrected chi connectivity index (χ0v) is 14.4. The Morgan fingerprint density at radius 3 is 2.40 bits per heavy atom. The quantitative estimate of drug-likeness (QED) is 0.908. The van der Waals surface area contributed by atoms with Crippen molar-refractivity contribution in [3.63, 3.8) is 0 Å². The molecule has 0 radical (unpaired) electrons. The molecule has 1 saturated heterocycles. The lowest BCUT2D eigenvalue weighted by Gasteiger charge is -2.31. The van der Waals surface area contributed by atoms with Crippen LogP contribution in [0.1, 0.15) is 27.5 Å². The Hall–Kier alpha value is -2.24. The third-order valence-electron chi connectivity index (χ3n) is 4.44. The molecule has 25 heavy (non-hydrogen) atoms. The van der Waals surface area contributed by atoms with Crippen LogP contribution in [0, 0.1) is 12.7 Å². The first-order valence-corrected chi connectivity index (χ1v) is 8.55. The van der Waals surface area contributed by atoms with Crippen LogP contribution in [0.25, 0.3) is 0 Å². The van der Waals surface area contributed by atoms with Gasteiger partial charge in [0.15, 0.2) is 0 Å². The Bertz CT molecular complexity index is 695. The first-order valence-electron chi connectivity index (χ1n) is 8.55. The van der Waals surface area contributed by atoms with Crippen molar-refractivity contribution in [1.82, 2.24) is 10.2 Å². The van der Waals surface area contributed by atoms with Gasteiger partial charge in [-0.15, -0.1) is 0 Å². The van der Waals surface area contributed by atoms with Crippen molar-refractivity contribution in [2.75, 3.05) is 32.8 Å². The monoisotopic (exact) mass is 342 g/mol. The Morgan fingerprint density at radius 1 is 1.12 bits per heavy atom. The molecule has 1 fully saturated rings. The Balaban J connectivity index is 1.76. The summed E-state index contributed by atoms with van der Waals surface area (Å²) in [4.78, 5) is 14.9. The molecule has 3 rings (SSSR count). The zero-order chi connectivity index (χ0) is 17.6. The van der Waals surface area contributed by atoms with E-state index in [1.54, 1.807) is 0 Å². The van der Waals surface area contributed by atoms with Gasteiger partial charge >= 0.3 is 0 Å². The highest BCUT2D eigenvalue weighted by Gasteiger charge is 2.20. The highest BCUT2D eigenvalue weighted by molar-refractivity contribution is 5.94. The van der Waals surface area contributed by atoms with E-state index in [0.717, 1.165) is 25.2 Å². The fourth-order valence-electron chi connectivity index (χ4n) is 2.92. The summed E-state index contributed by atoms with van der Waals surface area (Å²) in [6.45, 7) is 5.90. The topological polar surface area (TPSA) is 41.6 Å². The summed E-state index contributed by atoms with van der Waals surface area (Å²) < 4.78 is 18.5. The van der Waals surface area contributed by atoms with Crippen LogP contribution in [0.4, 0.5) is 4.39 Å². The largest absolute Gasteiger partial charge is 0.379 e. The number of rotatable bonds is 5. The number of ether oxygens (including phenoxy) is 1. The predicted octanol–water partition coefficient (Wildman–Crippen LogP) is 2.94. The van der Waals surface area contributed by atoms with E-state index in [-0.39, 0.29) is 17.8 Å². The van der Waals surface area contributed by atoms with E-state index in [2.05, 4.69) is 10.2 Å². The fraction of sp³-hybridized carbons (Fsp3) is 0.350. The Morgan fingerprint density at radius 2 is 1.76 bits per heavy atom. The third-order valence-corrected chi connectivity index (χ3v) is 4.44. The minimum Gasteiger partial charge on any atom is -0.379 e. The smallest absolute Gasteiger partial charge is 0.251 e. The predicted molar refractivity (Wildman–Crippen MR) is 95.0 cm³/mol. The minimum atomic E-state index is -0.347. The number of halogens is 1. The van der Waals surface area contributed by atoms with Gasteiger partial charge in [0.2, 0.25) is 0 Å². The molecule has 132 valence electrons. The van der Waals surface area contributed by atoms with Crippen molar-refractivity contribution in [2.24, 2.45) is 0 Å². The van der Waals surface area contributed by atoms with E-state index in [9.17, 15) is 9.18 Å². The molecule has 0 bridgehead atoms. The second kappa shape index (κ2) is 8.23. The van der Waals surface area contributed by atoms with Gasteiger partial charge in [-0.05, 0) is 36.8 Å². The molecule has 0 saturated carbocycles. The molecule has 1 unspecified atom stereocenters. The van der Waals surface area contributed by atoms with Crippen molar-refractivity contribution in [3.8, 4) is 0 Å². The van der Waals surface area contributed by atoms with Gasteiger partial charge in [0.25, 0.3) is 5.91 Å². The van der Waals surface area contributed by atoms with Gasteiger partial charge in [0, 0.05) is 25.2 Å². The van der Waals surface area contributed by atoms with Crippen LogP contribution in [0.3, 0.4) is 0 Å². The number of nitrogens with zero attached hydrogens (tertiary/aromatic N) is 1. The number of benzene rings is 2. The van der Waals surface area contributed by atoms with E-state index >= 15 is 0 Å². The van der Waals surface area contributed by atoms with Crippen molar-refractivity contribution < 1.29 is 13.9 Å². The van der Waals surface area contributed by atoms with E-state index in [4.69, 9.17) is 4.74 Å². The molecule has 1 aliphatic rings. The Labute approximate surface area is 147 Å².